The first-order valence-electron chi connectivity index (χ1n) is 36.8. The quantitative estimate of drug-likeness (QED) is 0.0261. The van der Waals surface area contributed by atoms with Crippen LogP contribution in [0, 0.1) is 0 Å². The molecule has 0 aromatic heterocycles. The third-order valence-corrected chi connectivity index (χ3v) is 17.0. The maximum Gasteiger partial charge on any atom is 0.306 e. The van der Waals surface area contributed by atoms with Crippen LogP contribution in [0.4, 0.5) is 0 Å². The second-order valence-electron chi connectivity index (χ2n) is 25.2. The van der Waals surface area contributed by atoms with E-state index in [0.29, 0.717) is 19.3 Å². The van der Waals surface area contributed by atoms with Gasteiger partial charge in [0, 0.05) is 19.3 Å². The number of ether oxygens (including phenoxy) is 3. The Morgan fingerprint density at radius 3 is 0.679 bits per heavy atom. The lowest BCUT2D eigenvalue weighted by Gasteiger charge is -2.18. The Morgan fingerprint density at radius 2 is 0.444 bits per heavy atom. The summed E-state index contributed by atoms with van der Waals surface area (Å²) in [6.45, 7) is 6.73. The molecule has 0 spiro atoms. The lowest BCUT2D eigenvalue weighted by atomic mass is 10.0. The summed E-state index contributed by atoms with van der Waals surface area (Å²) in [4.78, 5) is 38.5. The summed E-state index contributed by atoms with van der Waals surface area (Å²) >= 11 is 0. The van der Waals surface area contributed by atoms with Crippen molar-refractivity contribution in [3.8, 4) is 0 Å². The molecule has 6 heteroatoms. The van der Waals surface area contributed by atoms with Crippen LogP contribution in [-0.4, -0.2) is 37.2 Å². The van der Waals surface area contributed by atoms with Gasteiger partial charge in [0.1, 0.15) is 13.2 Å². The van der Waals surface area contributed by atoms with Crippen molar-refractivity contribution in [1.82, 2.24) is 0 Å². The van der Waals surface area contributed by atoms with Crippen molar-refractivity contribution in [1.29, 1.82) is 0 Å². The number of esters is 3. The number of carbonyl (C=O) groups is 3. The predicted molar refractivity (Wildman–Crippen MR) is 353 cm³/mol. The van der Waals surface area contributed by atoms with Crippen molar-refractivity contribution in [3.63, 3.8) is 0 Å². The molecule has 0 aliphatic rings. The first kappa shape index (κ1) is 78.9. The molecular formula is C75H142O6. The Hall–Kier alpha value is -2.11. The van der Waals surface area contributed by atoms with Gasteiger partial charge >= 0.3 is 17.9 Å². The monoisotopic (exact) mass is 1140 g/mol. The molecule has 0 amide bonds. The number of unbranched alkanes of at least 4 members (excludes halogenated alkanes) is 54. The molecule has 0 rings (SSSR count). The molecule has 0 aliphatic heterocycles. The third kappa shape index (κ3) is 68.6. The van der Waals surface area contributed by atoms with Crippen molar-refractivity contribution in [2.45, 2.75) is 425 Å². The highest BCUT2D eigenvalue weighted by Gasteiger charge is 2.20. The van der Waals surface area contributed by atoms with Gasteiger partial charge in [0.2, 0.25) is 0 Å². The van der Waals surface area contributed by atoms with Gasteiger partial charge in [0.05, 0.1) is 0 Å². The molecule has 0 aromatic carbocycles. The van der Waals surface area contributed by atoms with Gasteiger partial charge < -0.3 is 14.2 Å². The van der Waals surface area contributed by atoms with Crippen LogP contribution in [0.25, 0.3) is 0 Å². The van der Waals surface area contributed by atoms with Crippen LogP contribution in [0.1, 0.15) is 419 Å². The maximum absolute atomic E-state index is 13.0. The summed E-state index contributed by atoms with van der Waals surface area (Å²) in [6.07, 6.45) is 86.4. The van der Waals surface area contributed by atoms with E-state index in [4.69, 9.17) is 14.2 Å². The van der Waals surface area contributed by atoms with E-state index >= 15 is 0 Å². The van der Waals surface area contributed by atoms with E-state index in [1.807, 2.05) is 0 Å². The standard InChI is InChI=1S/C75H142O6/c1-4-7-10-13-16-19-22-25-28-31-34-36-38-40-41-44-47-50-53-56-59-62-65-68-74(77)80-71-72(70-79-73(76)67-64-61-58-55-52-49-46-43-33-30-27-24-21-18-15-12-9-6-3)81-75(78)69-66-63-60-57-54-51-48-45-42-39-37-35-32-29-26-23-20-17-14-11-8-5-2/h22,25,31,34,72H,4-21,23-24,26-30,32-33,35-71H2,1-3H3/b25-22-,34-31-. The minimum atomic E-state index is -0.769. The Morgan fingerprint density at radius 1 is 0.247 bits per heavy atom. The first-order valence-corrected chi connectivity index (χ1v) is 36.8. The summed E-state index contributed by atoms with van der Waals surface area (Å²) in [5.41, 5.74) is 0. The molecule has 0 aliphatic carbocycles. The minimum absolute atomic E-state index is 0.0644. The van der Waals surface area contributed by atoms with Gasteiger partial charge in [-0.3, -0.25) is 14.4 Å². The maximum atomic E-state index is 13.0. The van der Waals surface area contributed by atoms with Gasteiger partial charge in [-0.15, -0.1) is 0 Å². The van der Waals surface area contributed by atoms with Gasteiger partial charge in [-0.1, -0.05) is 373 Å². The zero-order valence-corrected chi connectivity index (χ0v) is 55.1. The molecule has 0 N–H and O–H groups in total. The molecule has 0 bridgehead atoms. The Labute approximate surface area is 506 Å². The summed E-state index contributed by atoms with van der Waals surface area (Å²) in [7, 11) is 0. The van der Waals surface area contributed by atoms with E-state index in [9.17, 15) is 14.4 Å². The molecule has 0 aromatic rings. The van der Waals surface area contributed by atoms with Gasteiger partial charge in [-0.25, -0.2) is 0 Å². The van der Waals surface area contributed by atoms with Crippen LogP contribution in [0.15, 0.2) is 24.3 Å². The summed E-state index contributed by atoms with van der Waals surface area (Å²) < 4.78 is 17.0. The number of carbonyl (C=O) groups excluding carboxylic acids is 3. The first-order chi connectivity index (χ1) is 40.0. The molecule has 1 unspecified atom stereocenters. The number of hydrogen-bond acceptors (Lipinski definition) is 6. The van der Waals surface area contributed by atoms with Crippen molar-refractivity contribution >= 4 is 17.9 Å². The van der Waals surface area contributed by atoms with Crippen molar-refractivity contribution in [2.24, 2.45) is 0 Å². The molecule has 0 heterocycles. The molecule has 0 saturated heterocycles. The van der Waals surface area contributed by atoms with Crippen LogP contribution >= 0.6 is 0 Å². The van der Waals surface area contributed by atoms with Crippen molar-refractivity contribution in [2.75, 3.05) is 13.2 Å². The molecular weight excluding hydrogens is 997 g/mol. The number of allylic oxidation sites excluding steroid dienone is 4. The lowest BCUT2D eigenvalue weighted by molar-refractivity contribution is -0.167. The molecule has 0 saturated carbocycles. The Bertz CT molecular complexity index is 1310. The summed E-state index contributed by atoms with van der Waals surface area (Å²) in [5.74, 6) is -0.829. The average molecular weight is 1140 g/mol. The van der Waals surface area contributed by atoms with Crippen molar-refractivity contribution < 1.29 is 28.6 Å². The van der Waals surface area contributed by atoms with Gasteiger partial charge in [-0.05, 0) is 51.4 Å². The normalized spacial score (nSPS) is 12.1. The van der Waals surface area contributed by atoms with E-state index < -0.39 is 6.10 Å². The Kier molecular flexibility index (Phi) is 68.5. The summed E-state index contributed by atoms with van der Waals surface area (Å²) in [5, 5.41) is 0. The smallest absolute Gasteiger partial charge is 0.306 e. The fourth-order valence-corrected chi connectivity index (χ4v) is 11.4. The fourth-order valence-electron chi connectivity index (χ4n) is 11.4. The minimum Gasteiger partial charge on any atom is -0.462 e. The summed E-state index contributed by atoms with van der Waals surface area (Å²) in [6, 6.07) is 0. The van der Waals surface area contributed by atoms with Crippen LogP contribution in [-0.2, 0) is 28.6 Å². The van der Waals surface area contributed by atoms with Crippen LogP contribution in [0.3, 0.4) is 0 Å². The Balaban J connectivity index is 4.29. The van der Waals surface area contributed by atoms with Gasteiger partial charge in [-0.2, -0.15) is 0 Å². The van der Waals surface area contributed by atoms with Crippen LogP contribution in [0.2, 0.25) is 0 Å². The highest BCUT2D eigenvalue weighted by Crippen LogP contribution is 2.19. The third-order valence-electron chi connectivity index (χ3n) is 17.0. The van der Waals surface area contributed by atoms with Gasteiger partial charge in [0.25, 0.3) is 0 Å². The SMILES string of the molecule is CCCCCCC/C=C\C/C=C\CCCCCCCCCCCCCC(=O)OCC(COC(=O)CCCCCCCCCCCCCCCCCCCC)OC(=O)CCCCCCCCCCCCCCCCCCCCCCCC. The highest BCUT2D eigenvalue weighted by atomic mass is 16.6. The zero-order valence-electron chi connectivity index (χ0n) is 55.1. The average Bonchev–Trinajstić information content (AvgIpc) is 3.47. The van der Waals surface area contributed by atoms with Crippen LogP contribution in [0.5, 0.6) is 0 Å². The largest absolute Gasteiger partial charge is 0.462 e. The van der Waals surface area contributed by atoms with E-state index in [1.165, 1.54) is 315 Å². The highest BCUT2D eigenvalue weighted by molar-refractivity contribution is 5.71. The molecule has 0 fully saturated rings. The molecule has 478 valence electrons. The fraction of sp³-hybridized carbons (Fsp3) is 0.907. The van der Waals surface area contributed by atoms with Crippen molar-refractivity contribution in [3.05, 3.63) is 24.3 Å². The number of hydrogen-bond donors (Lipinski definition) is 0. The predicted octanol–water partition coefficient (Wildman–Crippen LogP) is 25.3. The van der Waals surface area contributed by atoms with E-state index in [-0.39, 0.29) is 31.1 Å². The second kappa shape index (κ2) is 70.4. The van der Waals surface area contributed by atoms with E-state index in [1.54, 1.807) is 0 Å². The molecule has 1 atom stereocenters. The van der Waals surface area contributed by atoms with Crippen LogP contribution < -0.4 is 0 Å². The molecule has 0 radical (unpaired) electrons. The van der Waals surface area contributed by atoms with E-state index in [0.717, 1.165) is 64.2 Å². The zero-order chi connectivity index (χ0) is 58.5. The number of rotatable bonds is 69. The topological polar surface area (TPSA) is 78.9 Å². The second-order valence-corrected chi connectivity index (χ2v) is 25.2. The lowest BCUT2D eigenvalue weighted by Crippen LogP contribution is -2.30. The molecule has 6 nitrogen and oxygen atoms in total. The van der Waals surface area contributed by atoms with E-state index in [2.05, 4.69) is 45.1 Å². The molecule has 81 heavy (non-hydrogen) atoms. The van der Waals surface area contributed by atoms with Gasteiger partial charge in [0.15, 0.2) is 6.10 Å².